The van der Waals surface area contributed by atoms with Crippen LogP contribution in [0.2, 0.25) is 0 Å². The molecule has 8 rings (SSSR count). The molecule has 38 heavy (non-hydrogen) atoms. The van der Waals surface area contributed by atoms with Crippen molar-refractivity contribution in [3.8, 4) is 5.75 Å². The molecule has 3 aromatic rings. The summed E-state index contributed by atoms with van der Waals surface area (Å²) in [5.41, 5.74) is -2.07. The molecule has 1 atom stereocenters. The molecular weight excluding hydrogens is 522 g/mol. The second-order valence-corrected chi connectivity index (χ2v) is 11.6. The van der Waals surface area contributed by atoms with Crippen molar-refractivity contribution in [3.05, 3.63) is 93.2 Å². The minimum Gasteiger partial charge on any atom is -0.502 e. The second kappa shape index (κ2) is 7.56. The molecule has 2 bridgehead atoms. The zero-order valence-corrected chi connectivity index (χ0v) is 20.7. The number of amides is 1. The predicted molar refractivity (Wildman–Crippen MR) is 131 cm³/mol. The number of halogens is 4. The van der Waals surface area contributed by atoms with Crippen LogP contribution in [0.4, 0.5) is 17.6 Å². The lowest BCUT2D eigenvalue weighted by atomic mass is 9.38. The van der Waals surface area contributed by atoms with Crippen LogP contribution in [0.5, 0.6) is 5.75 Å². The van der Waals surface area contributed by atoms with Crippen LogP contribution in [0.1, 0.15) is 52.5 Å². The standard InChI is InChI=1S/C27H21F4N3O3S/c28-17-6-3-4-15-10-38-19-7-2-1-5-16(19)21(20(15)17)34-14-32(26-11-25(12-26,13-26)27(29,30)31)24(37)22-23(36)18(35)8-9-33(22)34/h1-9,21,36H,10-14H2/t21-,25?,26?/m1/s1. The summed E-state index contributed by atoms with van der Waals surface area (Å²) >= 11 is 1.54. The average Bonchev–Trinajstić information content (AvgIpc) is 2.98. The number of carbonyl (C=O) groups excluding carboxylic acids is 1. The predicted octanol–water partition coefficient (Wildman–Crippen LogP) is 4.92. The highest BCUT2D eigenvalue weighted by Gasteiger charge is 2.81. The number of carbonyl (C=O) groups is 1. The van der Waals surface area contributed by atoms with Crippen LogP contribution in [0.25, 0.3) is 0 Å². The summed E-state index contributed by atoms with van der Waals surface area (Å²) in [6, 6.07) is 12.6. The zero-order chi connectivity index (χ0) is 26.6. The van der Waals surface area contributed by atoms with Gasteiger partial charge in [0, 0.05) is 34.0 Å². The van der Waals surface area contributed by atoms with Gasteiger partial charge in [0.25, 0.3) is 5.91 Å². The Hall–Kier alpha value is -3.47. The molecule has 196 valence electrons. The number of aromatic hydroxyl groups is 1. The van der Waals surface area contributed by atoms with Gasteiger partial charge in [0.2, 0.25) is 5.43 Å². The van der Waals surface area contributed by atoms with Gasteiger partial charge in [0.1, 0.15) is 18.5 Å². The largest absolute Gasteiger partial charge is 0.502 e. The smallest absolute Gasteiger partial charge is 0.394 e. The molecule has 0 unspecified atom stereocenters. The van der Waals surface area contributed by atoms with Crippen LogP contribution < -0.4 is 10.4 Å². The molecule has 0 radical (unpaired) electrons. The van der Waals surface area contributed by atoms with Crippen molar-refractivity contribution >= 4 is 17.7 Å². The lowest BCUT2D eigenvalue weighted by molar-refractivity contribution is -0.356. The van der Waals surface area contributed by atoms with Gasteiger partial charge in [-0.05, 0) is 42.5 Å². The Balaban J connectivity index is 1.42. The van der Waals surface area contributed by atoms with Gasteiger partial charge in [-0.1, -0.05) is 30.3 Å². The molecule has 3 saturated carbocycles. The van der Waals surface area contributed by atoms with Gasteiger partial charge in [-0.15, -0.1) is 11.8 Å². The molecule has 0 saturated heterocycles. The van der Waals surface area contributed by atoms with E-state index in [2.05, 4.69) is 0 Å². The second-order valence-electron chi connectivity index (χ2n) is 10.6. The summed E-state index contributed by atoms with van der Waals surface area (Å²) in [4.78, 5) is 28.3. The Kier molecular flexibility index (Phi) is 4.70. The van der Waals surface area contributed by atoms with Crippen molar-refractivity contribution in [1.82, 2.24) is 9.58 Å². The number of hydrogen-bond acceptors (Lipinski definition) is 5. The maximum absolute atomic E-state index is 15.6. The van der Waals surface area contributed by atoms with Gasteiger partial charge < -0.3 is 10.0 Å². The molecule has 0 spiro atoms. The molecule has 1 N–H and O–H groups in total. The van der Waals surface area contributed by atoms with Crippen LogP contribution in [0.3, 0.4) is 0 Å². The summed E-state index contributed by atoms with van der Waals surface area (Å²) in [7, 11) is 0. The lowest BCUT2D eigenvalue weighted by Crippen LogP contribution is -2.81. The van der Waals surface area contributed by atoms with Gasteiger partial charge in [-0.2, -0.15) is 13.2 Å². The quantitative estimate of drug-likeness (QED) is 0.465. The van der Waals surface area contributed by atoms with E-state index in [1.165, 1.54) is 21.8 Å². The Bertz CT molecular complexity index is 1570. The first-order chi connectivity index (χ1) is 18.1. The molecule has 1 aromatic heterocycles. The van der Waals surface area contributed by atoms with E-state index in [9.17, 15) is 27.9 Å². The van der Waals surface area contributed by atoms with Gasteiger partial charge >= 0.3 is 6.18 Å². The van der Waals surface area contributed by atoms with Crippen molar-refractivity contribution in [2.24, 2.45) is 5.41 Å². The van der Waals surface area contributed by atoms with Gasteiger partial charge in [0.15, 0.2) is 11.4 Å². The Morgan fingerprint density at radius 3 is 2.47 bits per heavy atom. The minimum absolute atomic E-state index is 0.139. The van der Waals surface area contributed by atoms with Gasteiger partial charge in [-0.3, -0.25) is 19.3 Å². The van der Waals surface area contributed by atoms with Crippen LogP contribution in [0.15, 0.2) is 64.4 Å². The SMILES string of the molecule is O=C1c2c(O)c(=O)ccn2N([C@@H]2c3ccccc3SCc3cccc(F)c32)CN1C12CC(C(F)(F)F)(C1)C2. The minimum atomic E-state index is -4.37. The highest BCUT2D eigenvalue weighted by molar-refractivity contribution is 7.98. The number of fused-ring (bicyclic) bond motifs is 3. The Morgan fingerprint density at radius 2 is 1.74 bits per heavy atom. The zero-order valence-electron chi connectivity index (χ0n) is 19.8. The molecule has 11 heteroatoms. The van der Waals surface area contributed by atoms with E-state index in [0.29, 0.717) is 11.3 Å². The first kappa shape index (κ1) is 23.6. The lowest BCUT2D eigenvalue weighted by Gasteiger charge is -2.74. The third kappa shape index (κ3) is 2.96. The van der Waals surface area contributed by atoms with Crippen molar-refractivity contribution in [3.63, 3.8) is 0 Å². The number of rotatable bonds is 2. The Morgan fingerprint density at radius 1 is 1.00 bits per heavy atom. The van der Waals surface area contributed by atoms with Gasteiger partial charge in [-0.25, -0.2) is 4.39 Å². The molecule has 3 aliphatic carbocycles. The molecule has 3 fully saturated rings. The van der Waals surface area contributed by atoms with Crippen LogP contribution in [0, 0.1) is 11.2 Å². The molecule has 6 nitrogen and oxygen atoms in total. The van der Waals surface area contributed by atoms with E-state index in [1.54, 1.807) is 22.8 Å². The van der Waals surface area contributed by atoms with Crippen molar-refractivity contribution in [1.29, 1.82) is 0 Å². The first-order valence-corrected chi connectivity index (χ1v) is 13.1. The Labute approximate surface area is 218 Å². The van der Waals surface area contributed by atoms with E-state index < -0.39 is 46.1 Å². The number of nitrogens with zero attached hydrogens (tertiary/aromatic N) is 3. The summed E-state index contributed by atoms with van der Waals surface area (Å²) in [5, 5.41) is 12.4. The number of aromatic nitrogens is 1. The van der Waals surface area contributed by atoms with Crippen molar-refractivity contribution < 1.29 is 27.5 Å². The fourth-order valence-electron chi connectivity index (χ4n) is 6.70. The summed E-state index contributed by atoms with van der Waals surface area (Å²) in [5.74, 6) is -1.45. The van der Waals surface area contributed by atoms with E-state index >= 15 is 4.39 Å². The van der Waals surface area contributed by atoms with Crippen molar-refractivity contribution in [2.75, 3.05) is 11.7 Å². The third-order valence-corrected chi connectivity index (χ3v) is 9.69. The summed E-state index contributed by atoms with van der Waals surface area (Å²) in [6.07, 6.45) is -3.72. The molecule has 3 heterocycles. The van der Waals surface area contributed by atoms with E-state index in [0.717, 1.165) is 22.1 Å². The van der Waals surface area contributed by atoms with E-state index in [4.69, 9.17) is 0 Å². The number of alkyl halides is 3. The maximum Gasteiger partial charge on any atom is 0.394 e. The topological polar surface area (TPSA) is 65.8 Å². The maximum atomic E-state index is 15.6. The fraction of sp³-hybridized carbons (Fsp3) is 0.333. The molecule has 5 aliphatic rings. The van der Waals surface area contributed by atoms with Crippen LogP contribution >= 0.6 is 11.8 Å². The number of benzene rings is 2. The monoisotopic (exact) mass is 543 g/mol. The normalized spacial score (nSPS) is 27.5. The van der Waals surface area contributed by atoms with Crippen molar-refractivity contribution in [2.45, 2.75) is 47.7 Å². The van der Waals surface area contributed by atoms with Crippen LogP contribution in [-0.2, 0) is 5.75 Å². The number of thioether (sulfide) groups is 1. The third-order valence-electron chi connectivity index (χ3n) is 8.55. The summed E-state index contributed by atoms with van der Waals surface area (Å²) < 4.78 is 57.9. The van der Waals surface area contributed by atoms with Crippen LogP contribution in [-0.4, -0.2) is 39.0 Å². The molecule has 2 aliphatic heterocycles. The number of hydrogen-bond donors (Lipinski definition) is 1. The first-order valence-electron chi connectivity index (χ1n) is 12.1. The van der Waals surface area contributed by atoms with Gasteiger partial charge in [0.05, 0.1) is 5.41 Å². The fourth-order valence-corrected chi connectivity index (χ4v) is 7.78. The van der Waals surface area contributed by atoms with E-state index in [1.807, 2.05) is 30.3 Å². The number of pyridine rings is 1. The average molecular weight is 544 g/mol. The molecule has 2 aromatic carbocycles. The molecule has 1 amide bonds. The molecular formula is C27H21F4N3O3S. The highest BCUT2D eigenvalue weighted by atomic mass is 32.2. The van der Waals surface area contributed by atoms with E-state index in [-0.39, 0.29) is 31.6 Å². The highest BCUT2D eigenvalue weighted by Crippen LogP contribution is 2.75. The summed E-state index contributed by atoms with van der Waals surface area (Å²) in [6.45, 7) is -0.139.